The van der Waals surface area contributed by atoms with Crippen LogP contribution in [0.15, 0.2) is 29.6 Å². The molecule has 3 rings (SSSR count). The van der Waals surface area contributed by atoms with Crippen molar-refractivity contribution in [2.75, 3.05) is 26.0 Å². The van der Waals surface area contributed by atoms with Gasteiger partial charge in [-0.05, 0) is 26.2 Å². The van der Waals surface area contributed by atoms with Crippen LogP contribution in [0.3, 0.4) is 0 Å². The summed E-state index contributed by atoms with van der Waals surface area (Å²) in [6.07, 6.45) is 0.0358. The number of carbonyl (C=O) groups excluding carboxylic acids is 3. The zero-order valence-electron chi connectivity index (χ0n) is 14.0. The molecule has 1 N–H and O–H groups in total. The third-order valence-electron chi connectivity index (χ3n) is 3.72. The van der Waals surface area contributed by atoms with E-state index in [9.17, 15) is 14.4 Å². The summed E-state index contributed by atoms with van der Waals surface area (Å²) in [7, 11) is 3.89. The maximum atomic E-state index is 12.2. The van der Waals surface area contributed by atoms with E-state index in [0.717, 1.165) is 10.6 Å². The van der Waals surface area contributed by atoms with Gasteiger partial charge in [0.2, 0.25) is 5.91 Å². The van der Waals surface area contributed by atoms with Gasteiger partial charge in [0.1, 0.15) is 0 Å². The van der Waals surface area contributed by atoms with Gasteiger partial charge in [-0.25, -0.2) is 4.98 Å². The van der Waals surface area contributed by atoms with Crippen molar-refractivity contribution in [3.05, 3.63) is 46.5 Å². The van der Waals surface area contributed by atoms with Crippen LogP contribution in [-0.4, -0.2) is 53.1 Å². The van der Waals surface area contributed by atoms with Crippen LogP contribution in [-0.2, 0) is 11.3 Å². The second-order valence-corrected chi connectivity index (χ2v) is 6.85. The number of thiazole rings is 1. The van der Waals surface area contributed by atoms with E-state index in [1.54, 1.807) is 24.3 Å². The molecular weight excluding hydrogens is 340 g/mol. The van der Waals surface area contributed by atoms with Crippen LogP contribution in [0, 0.1) is 0 Å². The average Bonchev–Trinajstić information content (AvgIpc) is 3.09. The molecule has 2 aromatic rings. The molecule has 25 heavy (non-hydrogen) atoms. The van der Waals surface area contributed by atoms with Gasteiger partial charge in [0.15, 0.2) is 5.13 Å². The number of aromatic nitrogens is 1. The Labute approximate surface area is 149 Å². The van der Waals surface area contributed by atoms with Gasteiger partial charge < -0.3 is 10.2 Å². The van der Waals surface area contributed by atoms with Gasteiger partial charge in [0, 0.05) is 24.9 Å². The summed E-state index contributed by atoms with van der Waals surface area (Å²) in [5.41, 5.74) is 1.66. The fraction of sp³-hybridized carbons (Fsp3) is 0.294. The average molecular weight is 358 g/mol. The Hall–Kier alpha value is -2.58. The van der Waals surface area contributed by atoms with Crippen LogP contribution < -0.4 is 5.32 Å². The predicted molar refractivity (Wildman–Crippen MR) is 94.6 cm³/mol. The van der Waals surface area contributed by atoms with Crippen LogP contribution in [0.1, 0.15) is 32.8 Å². The maximum Gasteiger partial charge on any atom is 0.261 e. The summed E-state index contributed by atoms with van der Waals surface area (Å²) >= 11 is 1.35. The molecule has 7 nitrogen and oxygen atoms in total. The van der Waals surface area contributed by atoms with E-state index in [1.165, 1.54) is 11.3 Å². The highest BCUT2D eigenvalue weighted by molar-refractivity contribution is 7.13. The molecule has 3 amide bonds. The van der Waals surface area contributed by atoms with Crippen LogP contribution in [0.4, 0.5) is 5.13 Å². The number of hydrogen-bond donors (Lipinski definition) is 1. The van der Waals surface area contributed by atoms with Crippen LogP contribution >= 0.6 is 11.3 Å². The van der Waals surface area contributed by atoms with Crippen molar-refractivity contribution in [1.82, 2.24) is 14.8 Å². The number of nitrogens with one attached hydrogen (secondary N) is 1. The molecule has 1 aromatic carbocycles. The zero-order valence-corrected chi connectivity index (χ0v) is 14.8. The van der Waals surface area contributed by atoms with E-state index in [1.807, 2.05) is 24.4 Å². The van der Waals surface area contributed by atoms with Crippen molar-refractivity contribution in [3.8, 4) is 0 Å². The Morgan fingerprint density at radius 2 is 1.84 bits per heavy atom. The molecule has 0 bridgehead atoms. The highest BCUT2D eigenvalue weighted by Gasteiger charge is 2.34. The van der Waals surface area contributed by atoms with Crippen LogP contribution in [0.5, 0.6) is 0 Å². The van der Waals surface area contributed by atoms with Crippen molar-refractivity contribution >= 4 is 34.2 Å². The number of benzene rings is 1. The largest absolute Gasteiger partial charge is 0.304 e. The SMILES string of the molecule is CN(C)Cc1csc(NC(=O)CCN2C(=O)c3ccccc3C2=O)n1. The highest BCUT2D eigenvalue weighted by atomic mass is 32.1. The minimum Gasteiger partial charge on any atom is -0.304 e. The van der Waals surface area contributed by atoms with Crippen LogP contribution in [0.2, 0.25) is 0 Å². The molecule has 0 fully saturated rings. The maximum absolute atomic E-state index is 12.2. The molecule has 130 valence electrons. The first kappa shape index (κ1) is 17.2. The predicted octanol–water partition coefficient (Wildman–Crippen LogP) is 1.83. The quantitative estimate of drug-likeness (QED) is 0.797. The molecule has 1 aliphatic heterocycles. The molecule has 0 saturated carbocycles. The van der Waals surface area contributed by atoms with E-state index in [0.29, 0.717) is 22.8 Å². The molecule has 0 radical (unpaired) electrons. The Balaban J connectivity index is 1.56. The van der Waals surface area contributed by atoms with Gasteiger partial charge >= 0.3 is 0 Å². The molecule has 0 saturated heterocycles. The Kier molecular flexibility index (Phi) is 4.91. The number of hydrogen-bond acceptors (Lipinski definition) is 6. The Morgan fingerprint density at radius 1 is 1.20 bits per heavy atom. The van der Waals surface area contributed by atoms with Crippen molar-refractivity contribution in [1.29, 1.82) is 0 Å². The van der Waals surface area contributed by atoms with Crippen molar-refractivity contribution in [3.63, 3.8) is 0 Å². The number of fused-ring (bicyclic) bond motifs is 1. The summed E-state index contributed by atoms with van der Waals surface area (Å²) < 4.78 is 0. The topological polar surface area (TPSA) is 82.6 Å². The lowest BCUT2D eigenvalue weighted by molar-refractivity contribution is -0.116. The van der Waals surface area contributed by atoms with Gasteiger partial charge in [0.05, 0.1) is 16.8 Å². The van der Waals surface area contributed by atoms with Gasteiger partial charge in [-0.3, -0.25) is 19.3 Å². The Morgan fingerprint density at radius 3 is 2.44 bits per heavy atom. The van der Waals surface area contributed by atoms with Crippen LogP contribution in [0.25, 0.3) is 0 Å². The Bertz CT molecular complexity index is 796. The second-order valence-electron chi connectivity index (χ2n) is 5.99. The summed E-state index contributed by atoms with van der Waals surface area (Å²) in [4.78, 5) is 44.0. The molecule has 2 heterocycles. The number of amides is 3. The molecule has 0 spiro atoms. The normalized spacial score (nSPS) is 13.5. The lowest BCUT2D eigenvalue weighted by Crippen LogP contribution is -2.32. The van der Waals surface area contributed by atoms with E-state index in [4.69, 9.17) is 0 Å². The number of nitrogens with zero attached hydrogens (tertiary/aromatic N) is 3. The fourth-order valence-corrected chi connectivity index (χ4v) is 3.32. The van der Waals surface area contributed by atoms with Gasteiger partial charge in [-0.2, -0.15) is 0 Å². The third-order valence-corrected chi connectivity index (χ3v) is 4.52. The van der Waals surface area contributed by atoms with Crippen molar-refractivity contribution in [2.45, 2.75) is 13.0 Å². The van der Waals surface area contributed by atoms with Gasteiger partial charge in [0.25, 0.3) is 11.8 Å². The van der Waals surface area contributed by atoms with E-state index in [-0.39, 0.29) is 30.7 Å². The fourth-order valence-electron chi connectivity index (χ4n) is 2.60. The first-order valence-electron chi connectivity index (χ1n) is 7.80. The van der Waals surface area contributed by atoms with Crippen molar-refractivity contribution in [2.24, 2.45) is 0 Å². The molecule has 0 aliphatic carbocycles. The third kappa shape index (κ3) is 3.75. The van der Waals surface area contributed by atoms with Gasteiger partial charge in [-0.1, -0.05) is 12.1 Å². The molecule has 1 aromatic heterocycles. The zero-order chi connectivity index (χ0) is 18.0. The van der Waals surface area contributed by atoms with E-state index < -0.39 is 0 Å². The van der Waals surface area contributed by atoms with Gasteiger partial charge in [-0.15, -0.1) is 11.3 Å². The number of carbonyl (C=O) groups is 3. The standard InChI is InChI=1S/C17H18N4O3S/c1-20(2)9-11-10-25-17(18-11)19-14(22)7-8-21-15(23)12-5-3-4-6-13(12)16(21)24/h3-6,10H,7-9H2,1-2H3,(H,18,19,22). The number of anilines is 1. The first-order valence-corrected chi connectivity index (χ1v) is 8.68. The lowest BCUT2D eigenvalue weighted by atomic mass is 10.1. The minimum atomic E-state index is -0.351. The first-order chi connectivity index (χ1) is 12.0. The molecule has 0 atom stereocenters. The smallest absolute Gasteiger partial charge is 0.261 e. The molecular formula is C17H18N4O3S. The van der Waals surface area contributed by atoms with Crippen molar-refractivity contribution < 1.29 is 14.4 Å². The summed E-state index contributed by atoms with van der Waals surface area (Å²) in [6, 6.07) is 6.68. The number of imide groups is 1. The second kappa shape index (κ2) is 7.12. The number of rotatable bonds is 6. The summed E-state index contributed by atoms with van der Waals surface area (Å²) in [5.74, 6) is -0.978. The lowest BCUT2D eigenvalue weighted by Gasteiger charge is -2.13. The van der Waals surface area contributed by atoms with E-state index in [2.05, 4.69) is 10.3 Å². The summed E-state index contributed by atoms with van der Waals surface area (Å²) in [6.45, 7) is 0.746. The molecule has 8 heteroatoms. The molecule has 0 unspecified atom stereocenters. The highest BCUT2D eigenvalue weighted by Crippen LogP contribution is 2.22. The molecule has 1 aliphatic rings. The monoisotopic (exact) mass is 358 g/mol. The minimum absolute atomic E-state index is 0.0358. The summed E-state index contributed by atoms with van der Waals surface area (Å²) in [5, 5.41) is 5.12. The van der Waals surface area contributed by atoms with E-state index >= 15 is 0 Å².